The van der Waals surface area contributed by atoms with E-state index in [0.717, 1.165) is 24.4 Å². The zero-order valence-electron chi connectivity index (χ0n) is 9.76. The van der Waals surface area contributed by atoms with Gasteiger partial charge in [-0.3, -0.25) is 10.1 Å². The number of anilines is 1. The Morgan fingerprint density at radius 2 is 2.59 bits per heavy atom. The molecule has 94 valence electrons. The minimum atomic E-state index is -0.406. The second-order valence-electron chi connectivity index (χ2n) is 4.41. The number of nitrogens with zero attached hydrogens (tertiary/aromatic N) is 3. The van der Waals surface area contributed by atoms with E-state index < -0.39 is 4.92 Å². The molecule has 2 heterocycles. The highest BCUT2D eigenvalue weighted by Crippen LogP contribution is 2.25. The first-order valence-electron chi connectivity index (χ1n) is 5.68. The van der Waals surface area contributed by atoms with Crippen molar-refractivity contribution in [2.24, 2.45) is 5.92 Å². The predicted octanol–water partition coefficient (Wildman–Crippen LogP) is 1.80. The van der Waals surface area contributed by atoms with Gasteiger partial charge in [-0.1, -0.05) is 0 Å². The topological polar surface area (TPSA) is 71.3 Å². The highest BCUT2D eigenvalue weighted by atomic mass is 32.1. The molecule has 1 aliphatic rings. The molecule has 7 heteroatoms. The van der Waals surface area contributed by atoms with Crippen molar-refractivity contribution in [3.05, 3.63) is 16.3 Å². The second-order valence-corrected chi connectivity index (χ2v) is 5.42. The molecule has 1 atom stereocenters. The Hall–Kier alpha value is -1.21. The van der Waals surface area contributed by atoms with Crippen LogP contribution < -0.4 is 5.32 Å². The van der Waals surface area contributed by atoms with Crippen molar-refractivity contribution in [1.82, 2.24) is 9.88 Å². The van der Waals surface area contributed by atoms with Gasteiger partial charge in [-0.05, 0) is 43.7 Å². The van der Waals surface area contributed by atoms with Gasteiger partial charge in [0.25, 0.3) is 0 Å². The van der Waals surface area contributed by atoms with Crippen molar-refractivity contribution >= 4 is 21.5 Å². The van der Waals surface area contributed by atoms with E-state index in [9.17, 15) is 10.1 Å². The summed E-state index contributed by atoms with van der Waals surface area (Å²) in [6.45, 7) is 3.09. The molecular formula is C10H16N4O2S. The van der Waals surface area contributed by atoms with Gasteiger partial charge in [-0.2, -0.15) is 0 Å². The number of rotatable bonds is 4. The van der Waals surface area contributed by atoms with Gasteiger partial charge >= 0.3 is 5.00 Å². The predicted molar refractivity (Wildman–Crippen MR) is 67.5 cm³/mol. The smallest absolute Gasteiger partial charge is 0.345 e. The van der Waals surface area contributed by atoms with Crippen molar-refractivity contribution in [2.75, 3.05) is 32.0 Å². The minimum Gasteiger partial charge on any atom is -0.361 e. The number of thiazole rings is 1. The fourth-order valence-electron chi connectivity index (χ4n) is 2.10. The molecule has 0 aromatic carbocycles. The van der Waals surface area contributed by atoms with Crippen LogP contribution in [0.25, 0.3) is 0 Å². The van der Waals surface area contributed by atoms with Crippen LogP contribution in [-0.2, 0) is 0 Å². The lowest BCUT2D eigenvalue weighted by molar-refractivity contribution is -0.380. The summed E-state index contributed by atoms with van der Waals surface area (Å²) >= 11 is 1.10. The van der Waals surface area contributed by atoms with Crippen molar-refractivity contribution in [1.29, 1.82) is 0 Å². The van der Waals surface area contributed by atoms with E-state index in [0.29, 0.717) is 11.0 Å². The van der Waals surface area contributed by atoms with Crippen LogP contribution >= 0.6 is 11.3 Å². The van der Waals surface area contributed by atoms with Gasteiger partial charge < -0.3 is 10.2 Å². The zero-order chi connectivity index (χ0) is 12.3. The molecule has 1 fully saturated rings. The molecule has 6 nitrogen and oxygen atoms in total. The summed E-state index contributed by atoms with van der Waals surface area (Å²) in [4.78, 5) is 16.4. The Morgan fingerprint density at radius 1 is 1.76 bits per heavy atom. The monoisotopic (exact) mass is 256 g/mol. The van der Waals surface area contributed by atoms with Gasteiger partial charge in [0.15, 0.2) is 5.13 Å². The third kappa shape index (κ3) is 3.37. The molecule has 1 unspecified atom stereocenters. The van der Waals surface area contributed by atoms with Crippen LogP contribution in [0.2, 0.25) is 0 Å². The zero-order valence-corrected chi connectivity index (χ0v) is 10.6. The number of likely N-dealkylation sites (tertiary alicyclic amines) is 1. The van der Waals surface area contributed by atoms with Crippen molar-refractivity contribution < 1.29 is 4.92 Å². The summed E-state index contributed by atoms with van der Waals surface area (Å²) in [5.41, 5.74) is 0. The molecule has 1 aromatic heterocycles. The molecule has 17 heavy (non-hydrogen) atoms. The van der Waals surface area contributed by atoms with Crippen LogP contribution in [0.4, 0.5) is 10.1 Å². The van der Waals surface area contributed by atoms with Crippen molar-refractivity contribution in [3.8, 4) is 0 Å². The molecule has 1 saturated heterocycles. The van der Waals surface area contributed by atoms with E-state index >= 15 is 0 Å². The summed E-state index contributed by atoms with van der Waals surface area (Å²) in [5.74, 6) is 0.608. The Balaban J connectivity index is 1.82. The van der Waals surface area contributed by atoms with Gasteiger partial charge in [0, 0.05) is 13.1 Å². The van der Waals surface area contributed by atoms with Crippen LogP contribution in [-0.4, -0.2) is 41.5 Å². The first-order chi connectivity index (χ1) is 8.15. The number of piperidine rings is 1. The minimum absolute atomic E-state index is 0.0910. The molecular weight excluding hydrogens is 240 g/mol. The average Bonchev–Trinajstić information content (AvgIpc) is 2.75. The normalized spacial score (nSPS) is 21.4. The summed E-state index contributed by atoms with van der Waals surface area (Å²) in [5, 5.41) is 14.4. The number of hydrogen-bond acceptors (Lipinski definition) is 6. The maximum atomic E-state index is 10.5. The molecule has 0 spiro atoms. The lowest BCUT2D eigenvalue weighted by Crippen LogP contribution is -2.35. The van der Waals surface area contributed by atoms with Crippen LogP contribution in [0.5, 0.6) is 0 Å². The van der Waals surface area contributed by atoms with Gasteiger partial charge in [0.1, 0.15) is 6.20 Å². The molecule has 1 aliphatic heterocycles. The number of hydrogen-bond donors (Lipinski definition) is 1. The molecule has 2 rings (SSSR count). The van der Waals surface area contributed by atoms with E-state index in [1.165, 1.54) is 25.6 Å². The van der Waals surface area contributed by atoms with E-state index in [1.807, 2.05) is 0 Å². The maximum Gasteiger partial charge on any atom is 0.345 e. The standard InChI is InChI=1S/C10H16N4O2S/c1-13-4-2-3-8(7-13)5-11-10-12-6-9(17-10)14(15)16/h6,8H,2-5,7H2,1H3,(H,11,12). The largest absolute Gasteiger partial charge is 0.361 e. The molecule has 0 saturated carbocycles. The summed E-state index contributed by atoms with van der Waals surface area (Å²) in [7, 11) is 2.13. The molecule has 1 N–H and O–H groups in total. The first kappa shape index (κ1) is 12.3. The van der Waals surface area contributed by atoms with Crippen LogP contribution in [0.1, 0.15) is 12.8 Å². The van der Waals surface area contributed by atoms with E-state index in [1.54, 1.807) is 0 Å². The molecule has 0 radical (unpaired) electrons. The quantitative estimate of drug-likeness (QED) is 0.657. The first-order valence-corrected chi connectivity index (χ1v) is 6.49. The molecule has 0 aliphatic carbocycles. The van der Waals surface area contributed by atoms with E-state index in [4.69, 9.17) is 0 Å². The lowest BCUT2D eigenvalue weighted by atomic mass is 9.99. The fraction of sp³-hybridized carbons (Fsp3) is 0.700. The highest BCUT2D eigenvalue weighted by Gasteiger charge is 2.18. The summed E-state index contributed by atoms with van der Waals surface area (Å²) in [6, 6.07) is 0. The number of nitrogens with one attached hydrogen (secondary N) is 1. The van der Waals surface area contributed by atoms with Gasteiger partial charge in [-0.15, -0.1) is 0 Å². The Bertz CT molecular complexity index is 395. The number of nitro groups is 1. The maximum absolute atomic E-state index is 10.5. The van der Waals surface area contributed by atoms with E-state index in [-0.39, 0.29) is 5.00 Å². The fourth-order valence-corrected chi connectivity index (χ4v) is 2.74. The van der Waals surface area contributed by atoms with Crippen molar-refractivity contribution in [2.45, 2.75) is 12.8 Å². The van der Waals surface area contributed by atoms with Gasteiger partial charge in [-0.25, -0.2) is 4.98 Å². The van der Waals surface area contributed by atoms with Gasteiger partial charge in [0.2, 0.25) is 0 Å². The Kier molecular flexibility index (Phi) is 3.90. The Labute approximate surface area is 104 Å². The number of aromatic nitrogens is 1. The summed E-state index contributed by atoms with van der Waals surface area (Å²) < 4.78 is 0. The molecule has 0 bridgehead atoms. The molecule has 0 amide bonds. The highest BCUT2D eigenvalue weighted by molar-refractivity contribution is 7.18. The molecule has 1 aromatic rings. The van der Waals surface area contributed by atoms with Crippen LogP contribution in [0.15, 0.2) is 6.20 Å². The van der Waals surface area contributed by atoms with Crippen LogP contribution in [0.3, 0.4) is 0 Å². The Morgan fingerprint density at radius 3 is 3.24 bits per heavy atom. The van der Waals surface area contributed by atoms with Gasteiger partial charge in [0.05, 0.1) is 4.92 Å². The second kappa shape index (κ2) is 5.42. The third-order valence-corrected chi connectivity index (χ3v) is 3.84. The van der Waals surface area contributed by atoms with Crippen LogP contribution in [0, 0.1) is 16.0 Å². The summed E-state index contributed by atoms with van der Waals surface area (Å²) in [6.07, 6.45) is 3.74. The SMILES string of the molecule is CN1CCCC(CNc2ncc([N+](=O)[O-])s2)C1. The average molecular weight is 256 g/mol. The van der Waals surface area contributed by atoms with E-state index in [2.05, 4.69) is 22.2 Å². The van der Waals surface area contributed by atoms with Crippen molar-refractivity contribution in [3.63, 3.8) is 0 Å². The lowest BCUT2D eigenvalue weighted by Gasteiger charge is -2.29. The third-order valence-electron chi connectivity index (χ3n) is 2.94.